The van der Waals surface area contributed by atoms with Crippen molar-refractivity contribution in [2.24, 2.45) is 0 Å². The van der Waals surface area contributed by atoms with Crippen LogP contribution in [0.25, 0.3) is 33.4 Å². The van der Waals surface area contributed by atoms with Crippen molar-refractivity contribution in [1.82, 2.24) is 0 Å². The van der Waals surface area contributed by atoms with Gasteiger partial charge >= 0.3 is 11.9 Å². The zero-order valence-electron chi connectivity index (χ0n) is 29.8. The van der Waals surface area contributed by atoms with Crippen LogP contribution in [0.2, 0.25) is 0 Å². The minimum atomic E-state index is -0.572. The van der Waals surface area contributed by atoms with Crippen LogP contribution >= 0.6 is 0 Å². The average Bonchev–Trinajstić information content (AvgIpc) is 3.18. The third-order valence-corrected chi connectivity index (χ3v) is 8.60. The lowest BCUT2D eigenvalue weighted by Gasteiger charge is -2.20. The first-order valence-corrected chi connectivity index (χ1v) is 16.5. The number of ether oxygens (including phenoxy) is 6. The highest BCUT2D eigenvalue weighted by molar-refractivity contribution is 5.97. The molecular formula is C44H38O8. The Morgan fingerprint density at radius 3 is 0.962 bits per heavy atom. The second-order valence-electron chi connectivity index (χ2n) is 12.1. The van der Waals surface area contributed by atoms with Crippen LogP contribution in [0.4, 0.5) is 0 Å². The number of hydrogen-bond acceptors (Lipinski definition) is 8. The predicted octanol–water partition coefficient (Wildman–Crippen LogP) is 9.78. The maximum absolute atomic E-state index is 13.7. The lowest BCUT2D eigenvalue weighted by atomic mass is 9.97. The molecule has 0 aliphatic carbocycles. The maximum atomic E-state index is 13.7. The summed E-state index contributed by atoms with van der Waals surface area (Å²) in [7, 11) is 6.30. The molecule has 0 heterocycles. The van der Waals surface area contributed by atoms with Crippen LogP contribution in [0.1, 0.15) is 31.8 Å². The van der Waals surface area contributed by atoms with Crippen LogP contribution in [-0.4, -0.2) is 40.4 Å². The molecule has 0 aliphatic heterocycles. The predicted molar refractivity (Wildman–Crippen MR) is 201 cm³/mol. The molecule has 0 unspecified atom stereocenters. The Kier molecular flexibility index (Phi) is 10.6. The molecule has 6 rings (SSSR count). The second kappa shape index (κ2) is 15.6. The first kappa shape index (κ1) is 35.3. The van der Waals surface area contributed by atoms with Crippen LogP contribution in [-0.2, 0) is 0 Å². The molecule has 0 N–H and O–H groups in total. The van der Waals surface area contributed by atoms with Crippen molar-refractivity contribution < 1.29 is 38.0 Å². The van der Waals surface area contributed by atoms with Crippen molar-refractivity contribution >= 4 is 11.9 Å². The van der Waals surface area contributed by atoms with Crippen LogP contribution in [0.3, 0.4) is 0 Å². The van der Waals surface area contributed by atoms with Gasteiger partial charge < -0.3 is 28.4 Å². The van der Waals surface area contributed by atoms with E-state index in [1.165, 1.54) is 14.2 Å². The molecule has 0 bridgehead atoms. The molecule has 6 aromatic rings. The molecule has 262 valence electrons. The Labute approximate surface area is 303 Å². The van der Waals surface area contributed by atoms with E-state index in [0.717, 1.165) is 44.9 Å². The fraction of sp³-hybridized carbons (Fsp3) is 0.136. The molecule has 0 radical (unpaired) electrons. The van der Waals surface area contributed by atoms with E-state index in [1.54, 1.807) is 50.6 Å². The van der Waals surface area contributed by atoms with E-state index in [0.29, 0.717) is 33.8 Å². The molecule has 0 fully saturated rings. The van der Waals surface area contributed by atoms with Crippen molar-refractivity contribution in [2.75, 3.05) is 28.4 Å². The summed E-state index contributed by atoms with van der Waals surface area (Å²) in [6.45, 7) is 3.74. The van der Waals surface area contributed by atoms with E-state index in [-0.39, 0.29) is 11.5 Å². The maximum Gasteiger partial charge on any atom is 0.343 e. The van der Waals surface area contributed by atoms with Crippen LogP contribution < -0.4 is 28.4 Å². The minimum absolute atomic E-state index is 0.212. The van der Waals surface area contributed by atoms with E-state index >= 15 is 0 Å². The van der Waals surface area contributed by atoms with Crippen LogP contribution in [0.15, 0.2) is 121 Å². The zero-order valence-corrected chi connectivity index (χ0v) is 29.8. The Balaban J connectivity index is 1.33. The van der Waals surface area contributed by atoms with Crippen LogP contribution in [0.5, 0.6) is 34.5 Å². The Hall–Kier alpha value is -6.54. The quantitative estimate of drug-likeness (QED) is 0.0979. The number of rotatable bonds is 11. The molecular weight excluding hydrogens is 656 g/mol. The topological polar surface area (TPSA) is 89.5 Å². The fourth-order valence-corrected chi connectivity index (χ4v) is 5.90. The average molecular weight is 695 g/mol. The lowest BCUT2D eigenvalue weighted by Crippen LogP contribution is -2.12. The molecule has 0 amide bonds. The summed E-state index contributed by atoms with van der Waals surface area (Å²) in [6.07, 6.45) is 0. The Morgan fingerprint density at radius 2 is 0.673 bits per heavy atom. The number of esters is 2. The van der Waals surface area contributed by atoms with E-state index in [9.17, 15) is 9.59 Å². The van der Waals surface area contributed by atoms with Crippen molar-refractivity contribution in [2.45, 2.75) is 13.8 Å². The monoisotopic (exact) mass is 694 g/mol. The number of benzene rings is 6. The Morgan fingerprint density at radius 1 is 0.385 bits per heavy atom. The molecule has 0 saturated carbocycles. The van der Waals surface area contributed by atoms with Crippen molar-refractivity contribution in [3.63, 3.8) is 0 Å². The SMILES string of the molecule is COc1ccc(-c2ccc(C(=O)Oc3cc(C)cc(OC)c3-c3c(OC)cc(C)cc3OC(=O)c3ccc(-c4ccc(OC)cc4)cc3)cc2)cc1. The van der Waals surface area contributed by atoms with Crippen molar-refractivity contribution in [3.8, 4) is 67.9 Å². The van der Waals surface area contributed by atoms with Gasteiger partial charge in [0.2, 0.25) is 0 Å². The normalized spacial score (nSPS) is 10.7. The first-order chi connectivity index (χ1) is 25.2. The molecule has 8 nitrogen and oxygen atoms in total. The van der Waals surface area contributed by atoms with Gasteiger partial charge in [0.1, 0.15) is 34.5 Å². The third kappa shape index (κ3) is 7.61. The second-order valence-corrected chi connectivity index (χ2v) is 12.1. The highest BCUT2D eigenvalue weighted by Crippen LogP contribution is 2.49. The number of carbonyl (C=O) groups excluding carboxylic acids is 2. The largest absolute Gasteiger partial charge is 0.497 e. The summed E-state index contributed by atoms with van der Waals surface area (Å²) in [6, 6.07) is 36.8. The zero-order chi connectivity index (χ0) is 36.8. The smallest absolute Gasteiger partial charge is 0.343 e. The Bertz CT molecular complexity index is 2040. The highest BCUT2D eigenvalue weighted by Gasteiger charge is 2.26. The van der Waals surface area contributed by atoms with Gasteiger partial charge in [0.25, 0.3) is 0 Å². The van der Waals surface area contributed by atoms with Crippen LogP contribution in [0, 0.1) is 13.8 Å². The minimum Gasteiger partial charge on any atom is -0.497 e. The van der Waals surface area contributed by atoms with Gasteiger partial charge in [0.15, 0.2) is 0 Å². The van der Waals surface area contributed by atoms with Gasteiger partial charge in [-0.15, -0.1) is 0 Å². The highest BCUT2D eigenvalue weighted by atomic mass is 16.5. The molecule has 0 saturated heterocycles. The number of carbonyl (C=O) groups is 2. The van der Waals surface area contributed by atoms with Gasteiger partial charge in [-0.25, -0.2) is 9.59 Å². The first-order valence-electron chi connectivity index (χ1n) is 16.5. The third-order valence-electron chi connectivity index (χ3n) is 8.60. The summed E-state index contributed by atoms with van der Waals surface area (Å²) in [5, 5.41) is 0. The van der Waals surface area contributed by atoms with Crippen molar-refractivity contribution in [3.05, 3.63) is 144 Å². The summed E-state index contributed by atoms with van der Waals surface area (Å²) >= 11 is 0. The van der Waals surface area contributed by atoms with E-state index in [1.807, 2.05) is 98.8 Å². The number of hydrogen-bond donors (Lipinski definition) is 0. The van der Waals surface area contributed by atoms with Crippen molar-refractivity contribution in [1.29, 1.82) is 0 Å². The molecule has 0 aliphatic rings. The standard InChI is InChI=1S/C44H38O8/c1-27-23-37(49-5)41(39(25-27)51-43(45)33-11-7-29(8-12-33)31-15-19-35(47-3)20-16-31)42-38(50-6)24-28(2)26-40(42)52-44(46)34-13-9-30(10-14-34)32-17-21-36(48-4)22-18-32/h7-26H,1-6H3. The molecule has 0 aromatic heterocycles. The van der Waals surface area contributed by atoms with E-state index < -0.39 is 11.9 Å². The van der Waals surface area contributed by atoms with Gasteiger partial charge in [0, 0.05) is 0 Å². The van der Waals surface area contributed by atoms with Gasteiger partial charge in [-0.3, -0.25) is 0 Å². The van der Waals surface area contributed by atoms with Gasteiger partial charge in [0.05, 0.1) is 50.7 Å². The fourth-order valence-electron chi connectivity index (χ4n) is 5.90. The summed E-state index contributed by atoms with van der Waals surface area (Å²) in [5.41, 5.74) is 6.90. The lowest BCUT2D eigenvalue weighted by molar-refractivity contribution is 0.0722. The van der Waals surface area contributed by atoms with Gasteiger partial charge in [-0.2, -0.15) is 0 Å². The summed E-state index contributed by atoms with van der Waals surface area (Å²) in [5.74, 6) is 1.61. The number of methoxy groups -OCH3 is 4. The molecule has 6 aromatic carbocycles. The molecule has 0 atom stereocenters. The number of aryl methyl sites for hydroxylation is 2. The molecule has 52 heavy (non-hydrogen) atoms. The van der Waals surface area contributed by atoms with Gasteiger partial charge in [-0.05, 0) is 120 Å². The summed E-state index contributed by atoms with van der Waals surface area (Å²) in [4.78, 5) is 27.3. The molecule has 8 heteroatoms. The van der Waals surface area contributed by atoms with E-state index in [4.69, 9.17) is 28.4 Å². The van der Waals surface area contributed by atoms with E-state index in [2.05, 4.69) is 0 Å². The molecule has 0 spiro atoms. The summed E-state index contributed by atoms with van der Waals surface area (Å²) < 4.78 is 34.4. The van der Waals surface area contributed by atoms with Gasteiger partial charge in [-0.1, -0.05) is 48.5 Å².